The van der Waals surface area contributed by atoms with E-state index in [0.29, 0.717) is 25.1 Å². The van der Waals surface area contributed by atoms with Gasteiger partial charge in [0.25, 0.3) is 0 Å². The predicted molar refractivity (Wildman–Crippen MR) is 79.5 cm³/mol. The van der Waals surface area contributed by atoms with E-state index in [1.54, 1.807) is 12.3 Å². The summed E-state index contributed by atoms with van der Waals surface area (Å²) in [5.41, 5.74) is 0.750. The fraction of sp³-hybridized carbons (Fsp3) is 0.353. The second-order valence-electron chi connectivity index (χ2n) is 5.78. The maximum Gasteiger partial charge on any atom is 0.416 e. The lowest BCUT2D eigenvalue weighted by molar-refractivity contribution is -0.137. The molecule has 0 bridgehead atoms. The van der Waals surface area contributed by atoms with Crippen molar-refractivity contribution in [2.45, 2.75) is 31.3 Å². The van der Waals surface area contributed by atoms with Crippen LogP contribution in [0.5, 0.6) is 0 Å². The van der Waals surface area contributed by atoms with Crippen LogP contribution in [0.3, 0.4) is 0 Å². The fourth-order valence-corrected chi connectivity index (χ4v) is 3.02. The van der Waals surface area contributed by atoms with Crippen LogP contribution in [0, 0.1) is 0 Å². The molecule has 0 unspecified atom stereocenters. The van der Waals surface area contributed by atoms with Crippen molar-refractivity contribution >= 4 is 0 Å². The number of hydrogen-bond acceptors (Lipinski definition) is 3. The molecule has 1 N–H and O–H groups in total. The van der Waals surface area contributed by atoms with Crippen LogP contribution in [-0.2, 0) is 12.7 Å². The number of pyridine rings is 1. The van der Waals surface area contributed by atoms with Crippen LogP contribution >= 0.6 is 0 Å². The zero-order valence-corrected chi connectivity index (χ0v) is 12.4. The average molecular weight is 322 g/mol. The van der Waals surface area contributed by atoms with E-state index in [-0.39, 0.29) is 6.04 Å². The Kier molecular flexibility index (Phi) is 4.37. The van der Waals surface area contributed by atoms with Crippen molar-refractivity contribution in [3.8, 4) is 0 Å². The van der Waals surface area contributed by atoms with Crippen molar-refractivity contribution in [3.63, 3.8) is 0 Å². The second-order valence-corrected chi connectivity index (χ2v) is 5.78. The van der Waals surface area contributed by atoms with Crippen molar-refractivity contribution in [3.05, 3.63) is 65.5 Å². The number of rotatable bonds is 3. The van der Waals surface area contributed by atoms with Gasteiger partial charge in [-0.2, -0.15) is 13.2 Å². The summed E-state index contributed by atoms with van der Waals surface area (Å²) >= 11 is 0. The lowest BCUT2D eigenvalue weighted by atomic mass is 10.0. The highest BCUT2D eigenvalue weighted by atomic mass is 19.4. The first-order chi connectivity index (χ1) is 10.9. The van der Waals surface area contributed by atoms with Crippen molar-refractivity contribution in [1.82, 2.24) is 9.88 Å². The molecule has 0 amide bonds. The Balaban J connectivity index is 1.85. The molecule has 1 aliphatic rings. The summed E-state index contributed by atoms with van der Waals surface area (Å²) in [6.45, 7) is 0.927. The van der Waals surface area contributed by atoms with Crippen molar-refractivity contribution < 1.29 is 18.3 Å². The van der Waals surface area contributed by atoms with Crippen LogP contribution in [0.25, 0.3) is 0 Å². The number of aliphatic hydroxyl groups excluding tert-OH is 1. The third kappa shape index (κ3) is 3.71. The lowest BCUT2D eigenvalue weighted by Crippen LogP contribution is -2.25. The first kappa shape index (κ1) is 16.0. The van der Waals surface area contributed by atoms with E-state index in [1.165, 1.54) is 12.1 Å². The monoisotopic (exact) mass is 322 g/mol. The van der Waals surface area contributed by atoms with Crippen molar-refractivity contribution in [2.24, 2.45) is 0 Å². The van der Waals surface area contributed by atoms with Crippen LogP contribution in [0.4, 0.5) is 13.2 Å². The van der Waals surface area contributed by atoms with Gasteiger partial charge in [-0.15, -0.1) is 0 Å². The first-order valence-electron chi connectivity index (χ1n) is 7.42. The van der Waals surface area contributed by atoms with E-state index in [1.807, 2.05) is 23.1 Å². The van der Waals surface area contributed by atoms with Crippen LogP contribution in [0.1, 0.15) is 29.3 Å². The standard InChI is InChI=1S/C17H17F3N2O/c18-17(19,20)13-5-3-4-12(8-13)16-9-15(23)11-22(16)10-14-6-1-2-7-21-14/h1-8,15-16,23H,9-11H2/t15-,16-/m0/s1. The van der Waals surface area contributed by atoms with Gasteiger partial charge in [-0.25, -0.2) is 0 Å². The Morgan fingerprint density at radius 1 is 1.17 bits per heavy atom. The predicted octanol–water partition coefficient (Wildman–Crippen LogP) is 3.41. The van der Waals surface area contributed by atoms with Gasteiger partial charge in [0.1, 0.15) is 0 Å². The summed E-state index contributed by atoms with van der Waals surface area (Å²) in [7, 11) is 0. The molecule has 1 aromatic heterocycles. The molecule has 6 heteroatoms. The van der Waals surface area contributed by atoms with E-state index < -0.39 is 17.8 Å². The summed E-state index contributed by atoms with van der Waals surface area (Å²) in [5.74, 6) is 0. The molecule has 1 aliphatic heterocycles. The molecule has 0 saturated carbocycles. The highest BCUT2D eigenvalue weighted by Crippen LogP contribution is 2.36. The fourth-order valence-electron chi connectivity index (χ4n) is 3.02. The molecule has 2 heterocycles. The van der Waals surface area contributed by atoms with Crippen LogP contribution in [0.15, 0.2) is 48.7 Å². The molecule has 1 saturated heterocycles. The summed E-state index contributed by atoms with van der Waals surface area (Å²) in [5, 5.41) is 9.95. The number of β-amino-alcohol motifs (C(OH)–C–C–N with tert-alkyl or cyclic N) is 1. The normalized spacial score (nSPS) is 22.4. The lowest BCUT2D eigenvalue weighted by Gasteiger charge is -2.24. The third-order valence-corrected chi connectivity index (χ3v) is 4.07. The Hall–Kier alpha value is -1.92. The Morgan fingerprint density at radius 2 is 2.00 bits per heavy atom. The zero-order chi connectivity index (χ0) is 16.4. The van der Waals surface area contributed by atoms with Gasteiger partial charge in [-0.3, -0.25) is 9.88 Å². The van der Waals surface area contributed by atoms with Gasteiger partial charge in [0.15, 0.2) is 0 Å². The minimum absolute atomic E-state index is 0.241. The molecular weight excluding hydrogens is 305 g/mol. The zero-order valence-electron chi connectivity index (χ0n) is 12.4. The van der Waals surface area contributed by atoms with Crippen LogP contribution in [0.2, 0.25) is 0 Å². The number of aliphatic hydroxyl groups is 1. The molecule has 0 aliphatic carbocycles. The van der Waals surface area contributed by atoms with Gasteiger partial charge in [0.2, 0.25) is 0 Å². The SMILES string of the molecule is O[C@H]1C[C@@H](c2cccc(C(F)(F)F)c2)N(Cc2ccccn2)C1. The number of nitrogens with zero attached hydrogens (tertiary/aromatic N) is 2. The van der Waals surface area contributed by atoms with Crippen LogP contribution < -0.4 is 0 Å². The highest BCUT2D eigenvalue weighted by molar-refractivity contribution is 5.29. The summed E-state index contributed by atoms with van der Waals surface area (Å²) in [4.78, 5) is 6.22. The molecule has 0 radical (unpaired) electrons. The Labute approximate surface area is 132 Å². The number of aromatic nitrogens is 1. The third-order valence-electron chi connectivity index (χ3n) is 4.07. The van der Waals surface area contributed by atoms with Gasteiger partial charge in [-0.1, -0.05) is 18.2 Å². The molecule has 1 fully saturated rings. The topological polar surface area (TPSA) is 36.4 Å². The van der Waals surface area contributed by atoms with Gasteiger partial charge >= 0.3 is 6.18 Å². The van der Waals surface area contributed by atoms with Crippen molar-refractivity contribution in [2.75, 3.05) is 6.54 Å². The summed E-state index contributed by atoms with van der Waals surface area (Å²) in [6, 6.07) is 10.7. The minimum atomic E-state index is -4.36. The van der Waals surface area contributed by atoms with Gasteiger partial charge in [0, 0.05) is 25.3 Å². The summed E-state index contributed by atoms with van der Waals surface area (Å²) in [6.07, 6.45) is -2.80. The van der Waals surface area contributed by atoms with E-state index in [9.17, 15) is 18.3 Å². The first-order valence-corrected chi connectivity index (χ1v) is 7.42. The molecule has 2 atom stereocenters. The maximum absolute atomic E-state index is 12.9. The number of benzene rings is 1. The molecule has 0 spiro atoms. The molecule has 122 valence electrons. The second kappa shape index (κ2) is 6.29. The van der Waals surface area contributed by atoms with Gasteiger partial charge < -0.3 is 5.11 Å². The minimum Gasteiger partial charge on any atom is -0.392 e. The molecule has 2 aromatic rings. The molecule has 23 heavy (non-hydrogen) atoms. The largest absolute Gasteiger partial charge is 0.416 e. The van der Waals surface area contributed by atoms with E-state index in [0.717, 1.165) is 11.8 Å². The van der Waals surface area contributed by atoms with Gasteiger partial charge in [0.05, 0.1) is 17.4 Å². The maximum atomic E-state index is 12.9. The highest BCUT2D eigenvalue weighted by Gasteiger charge is 2.35. The Bertz CT molecular complexity index is 660. The number of likely N-dealkylation sites (tertiary alicyclic amines) is 1. The number of hydrogen-bond donors (Lipinski definition) is 1. The molecule has 1 aromatic carbocycles. The number of alkyl halides is 3. The van der Waals surface area contributed by atoms with Crippen LogP contribution in [-0.4, -0.2) is 27.6 Å². The van der Waals surface area contributed by atoms with Gasteiger partial charge in [-0.05, 0) is 36.2 Å². The van der Waals surface area contributed by atoms with Crippen molar-refractivity contribution in [1.29, 1.82) is 0 Å². The molecule has 3 rings (SSSR count). The summed E-state index contributed by atoms with van der Waals surface area (Å²) < 4.78 is 38.7. The molecule has 3 nitrogen and oxygen atoms in total. The van der Waals surface area contributed by atoms with E-state index in [2.05, 4.69) is 4.98 Å². The quantitative estimate of drug-likeness (QED) is 0.941. The molecular formula is C17H17F3N2O. The number of halogens is 3. The van der Waals surface area contributed by atoms with E-state index in [4.69, 9.17) is 0 Å². The smallest absolute Gasteiger partial charge is 0.392 e. The Morgan fingerprint density at radius 3 is 2.70 bits per heavy atom. The average Bonchev–Trinajstić information content (AvgIpc) is 2.88. The van der Waals surface area contributed by atoms with E-state index >= 15 is 0 Å².